The molecule has 2 aliphatic heterocycles. The van der Waals surface area contributed by atoms with E-state index in [0.717, 1.165) is 19.3 Å². The Morgan fingerprint density at radius 2 is 1.86 bits per heavy atom. The van der Waals surface area contributed by atoms with Gasteiger partial charge in [-0.3, -0.25) is 5.43 Å². The molecule has 7 heteroatoms. The maximum absolute atomic E-state index is 12.4. The molecule has 0 aliphatic carbocycles. The van der Waals surface area contributed by atoms with Crippen LogP contribution in [-0.2, 0) is 9.53 Å². The Morgan fingerprint density at radius 1 is 1.24 bits per heavy atom. The first-order valence-corrected chi connectivity index (χ1v) is 7.55. The van der Waals surface area contributed by atoms with Crippen molar-refractivity contribution in [3.8, 4) is 0 Å². The first-order valence-electron chi connectivity index (χ1n) is 7.55. The van der Waals surface area contributed by atoms with E-state index in [4.69, 9.17) is 4.74 Å². The number of hydrogen-bond donors (Lipinski definition) is 2. The third-order valence-electron chi connectivity index (χ3n) is 4.56. The van der Waals surface area contributed by atoms with Gasteiger partial charge >= 0.3 is 12.0 Å². The van der Waals surface area contributed by atoms with E-state index in [0.29, 0.717) is 13.0 Å². The molecule has 2 amide bonds. The molecule has 2 fully saturated rings. The SMILES string of the molecule is COC1CC(C(=O)O)N(C(=O)NN2C(C)CCCC2C)C1. The fraction of sp³-hybridized carbons (Fsp3) is 0.857. The summed E-state index contributed by atoms with van der Waals surface area (Å²) < 4.78 is 5.21. The van der Waals surface area contributed by atoms with Gasteiger partial charge in [-0.15, -0.1) is 0 Å². The lowest BCUT2D eigenvalue weighted by Crippen LogP contribution is -2.58. The zero-order chi connectivity index (χ0) is 15.6. The van der Waals surface area contributed by atoms with E-state index < -0.39 is 12.0 Å². The molecule has 7 nitrogen and oxygen atoms in total. The number of nitrogens with one attached hydrogen (secondary N) is 1. The van der Waals surface area contributed by atoms with Gasteiger partial charge in [0, 0.05) is 32.2 Å². The molecule has 2 aliphatic rings. The fourth-order valence-electron chi connectivity index (χ4n) is 3.24. The van der Waals surface area contributed by atoms with Crippen molar-refractivity contribution in [2.75, 3.05) is 13.7 Å². The van der Waals surface area contributed by atoms with E-state index >= 15 is 0 Å². The Morgan fingerprint density at radius 3 is 2.38 bits per heavy atom. The Kier molecular flexibility index (Phi) is 5.05. The van der Waals surface area contributed by atoms with Crippen molar-refractivity contribution in [3.63, 3.8) is 0 Å². The molecule has 4 unspecified atom stereocenters. The molecule has 0 saturated carbocycles. The van der Waals surface area contributed by atoms with Crippen molar-refractivity contribution in [2.24, 2.45) is 0 Å². The molecule has 2 saturated heterocycles. The molecule has 2 N–H and O–H groups in total. The lowest BCUT2D eigenvalue weighted by molar-refractivity contribution is -0.141. The summed E-state index contributed by atoms with van der Waals surface area (Å²) in [4.78, 5) is 25.1. The number of hydrogen-bond acceptors (Lipinski definition) is 4. The Hall–Kier alpha value is -1.34. The number of carboxylic acid groups (broad SMARTS) is 1. The average molecular weight is 299 g/mol. The molecule has 21 heavy (non-hydrogen) atoms. The lowest BCUT2D eigenvalue weighted by Gasteiger charge is -2.39. The Bertz CT molecular complexity index is 394. The van der Waals surface area contributed by atoms with E-state index in [1.807, 2.05) is 5.01 Å². The van der Waals surface area contributed by atoms with Crippen LogP contribution in [0.2, 0.25) is 0 Å². The first kappa shape index (κ1) is 16.0. The molecule has 0 radical (unpaired) electrons. The van der Waals surface area contributed by atoms with E-state index in [1.165, 1.54) is 4.90 Å². The topological polar surface area (TPSA) is 82.1 Å². The van der Waals surface area contributed by atoms with E-state index in [2.05, 4.69) is 19.3 Å². The number of carbonyl (C=O) groups excluding carboxylic acids is 1. The van der Waals surface area contributed by atoms with Crippen LogP contribution in [0, 0.1) is 0 Å². The summed E-state index contributed by atoms with van der Waals surface area (Å²) in [6.07, 6.45) is 3.35. The van der Waals surface area contributed by atoms with E-state index in [-0.39, 0.29) is 24.2 Å². The maximum Gasteiger partial charge on any atom is 0.332 e. The number of carbonyl (C=O) groups is 2. The second kappa shape index (κ2) is 6.62. The minimum absolute atomic E-state index is 0.215. The smallest absolute Gasteiger partial charge is 0.332 e. The van der Waals surface area contributed by atoms with Crippen LogP contribution in [0.25, 0.3) is 0 Å². The van der Waals surface area contributed by atoms with E-state index in [1.54, 1.807) is 7.11 Å². The van der Waals surface area contributed by atoms with E-state index in [9.17, 15) is 14.7 Å². The Labute approximate surface area is 125 Å². The number of carboxylic acids is 1. The Balaban J connectivity index is 2.02. The number of hydrazine groups is 1. The third kappa shape index (κ3) is 3.47. The zero-order valence-electron chi connectivity index (χ0n) is 12.9. The molecular weight excluding hydrogens is 274 g/mol. The van der Waals surface area contributed by atoms with Crippen LogP contribution < -0.4 is 5.43 Å². The van der Waals surface area contributed by atoms with Crippen LogP contribution >= 0.6 is 0 Å². The van der Waals surface area contributed by atoms with Crippen molar-refractivity contribution < 1.29 is 19.4 Å². The highest BCUT2D eigenvalue weighted by molar-refractivity contribution is 5.83. The number of ether oxygens (including phenoxy) is 1. The molecule has 4 atom stereocenters. The summed E-state index contributed by atoms with van der Waals surface area (Å²) in [5.41, 5.74) is 2.89. The second-order valence-electron chi connectivity index (χ2n) is 6.05. The number of likely N-dealkylation sites (tertiary alicyclic amines) is 1. The summed E-state index contributed by atoms with van der Waals surface area (Å²) in [5.74, 6) is -0.982. The largest absolute Gasteiger partial charge is 0.480 e. The summed E-state index contributed by atoms with van der Waals surface area (Å²) in [7, 11) is 1.54. The molecule has 2 rings (SSSR count). The van der Waals surface area contributed by atoms with Gasteiger partial charge in [0.25, 0.3) is 0 Å². The number of amides is 2. The second-order valence-corrected chi connectivity index (χ2v) is 6.05. The standard InChI is InChI=1S/C14H25N3O4/c1-9-5-4-6-10(2)17(9)15-14(20)16-8-11(21-3)7-12(16)13(18)19/h9-12H,4-8H2,1-3H3,(H,15,20)(H,18,19). The van der Waals surface area contributed by atoms with Gasteiger partial charge in [0.2, 0.25) is 0 Å². The highest BCUT2D eigenvalue weighted by atomic mass is 16.5. The number of aliphatic carboxylic acids is 1. The molecule has 2 heterocycles. The summed E-state index contributed by atoms with van der Waals surface area (Å²) in [5, 5.41) is 11.2. The van der Waals surface area contributed by atoms with Crippen LogP contribution in [0.5, 0.6) is 0 Å². The van der Waals surface area contributed by atoms with Gasteiger partial charge in [-0.05, 0) is 26.7 Å². The number of methoxy groups -OCH3 is 1. The van der Waals surface area contributed by atoms with Gasteiger partial charge in [-0.2, -0.15) is 0 Å². The number of nitrogens with zero attached hydrogens (tertiary/aromatic N) is 2. The zero-order valence-corrected chi connectivity index (χ0v) is 12.9. The van der Waals surface area contributed by atoms with Gasteiger partial charge in [-0.1, -0.05) is 6.42 Å². The normalized spacial score (nSPS) is 34.0. The minimum atomic E-state index is -0.982. The van der Waals surface area contributed by atoms with Crippen molar-refractivity contribution in [3.05, 3.63) is 0 Å². The van der Waals surface area contributed by atoms with Gasteiger partial charge in [-0.25, -0.2) is 14.6 Å². The summed E-state index contributed by atoms with van der Waals surface area (Å²) >= 11 is 0. The highest BCUT2D eigenvalue weighted by Crippen LogP contribution is 2.23. The molecular formula is C14H25N3O4. The van der Waals surface area contributed by atoms with Gasteiger partial charge in [0.05, 0.1) is 6.10 Å². The van der Waals surface area contributed by atoms with Gasteiger partial charge < -0.3 is 14.7 Å². The molecule has 120 valence electrons. The van der Waals surface area contributed by atoms with Crippen molar-refractivity contribution in [1.29, 1.82) is 0 Å². The maximum atomic E-state index is 12.4. The monoisotopic (exact) mass is 299 g/mol. The third-order valence-corrected chi connectivity index (χ3v) is 4.56. The van der Waals surface area contributed by atoms with Crippen molar-refractivity contribution in [1.82, 2.24) is 15.3 Å². The number of rotatable bonds is 3. The van der Waals surface area contributed by atoms with Crippen molar-refractivity contribution in [2.45, 2.75) is 63.8 Å². The lowest BCUT2D eigenvalue weighted by atomic mass is 10.00. The quantitative estimate of drug-likeness (QED) is 0.814. The average Bonchev–Trinajstić information content (AvgIpc) is 2.87. The van der Waals surface area contributed by atoms with Crippen LogP contribution in [0.1, 0.15) is 39.5 Å². The minimum Gasteiger partial charge on any atom is -0.480 e. The van der Waals surface area contributed by atoms with Gasteiger partial charge in [0.1, 0.15) is 6.04 Å². The molecule has 0 spiro atoms. The number of urea groups is 1. The molecule has 0 aromatic rings. The molecule has 0 aromatic carbocycles. The highest BCUT2D eigenvalue weighted by Gasteiger charge is 2.41. The predicted octanol–water partition coefficient (Wildman–Crippen LogP) is 1.05. The van der Waals surface area contributed by atoms with Gasteiger partial charge in [0.15, 0.2) is 0 Å². The van der Waals surface area contributed by atoms with Crippen LogP contribution in [0.15, 0.2) is 0 Å². The van der Waals surface area contributed by atoms with Crippen LogP contribution in [0.4, 0.5) is 4.79 Å². The fourth-order valence-corrected chi connectivity index (χ4v) is 3.24. The molecule has 0 aromatic heterocycles. The summed E-state index contributed by atoms with van der Waals surface area (Å²) in [6, 6.07) is -0.628. The predicted molar refractivity (Wildman–Crippen MR) is 76.7 cm³/mol. The van der Waals surface area contributed by atoms with Crippen molar-refractivity contribution >= 4 is 12.0 Å². The van der Waals surface area contributed by atoms with Crippen LogP contribution in [-0.4, -0.2) is 64.9 Å². The first-order chi connectivity index (χ1) is 9.93. The molecule has 0 bridgehead atoms. The summed E-state index contributed by atoms with van der Waals surface area (Å²) in [6.45, 7) is 4.47. The number of piperidine rings is 1. The van der Waals surface area contributed by atoms with Crippen LogP contribution in [0.3, 0.4) is 0 Å².